The maximum absolute atomic E-state index is 4.26. The SMILES string of the molecule is Cn1cnnc1C(=C1CCC1)c1cccc(Br)c1. The molecular formula is C14H14BrN3. The van der Waals surface area contributed by atoms with Crippen LogP contribution in [-0.2, 0) is 7.05 Å². The first-order chi connectivity index (χ1) is 8.75. The van der Waals surface area contributed by atoms with Crippen molar-refractivity contribution in [2.75, 3.05) is 0 Å². The molecule has 18 heavy (non-hydrogen) atoms. The monoisotopic (exact) mass is 303 g/mol. The normalized spacial score (nSPS) is 14.4. The van der Waals surface area contributed by atoms with Crippen LogP contribution in [0.1, 0.15) is 30.7 Å². The van der Waals surface area contributed by atoms with Gasteiger partial charge in [0.15, 0.2) is 5.82 Å². The lowest BCUT2D eigenvalue weighted by molar-refractivity contribution is 0.663. The summed E-state index contributed by atoms with van der Waals surface area (Å²) in [6.45, 7) is 0. The third-order valence-corrected chi connectivity index (χ3v) is 3.85. The molecule has 92 valence electrons. The van der Waals surface area contributed by atoms with Gasteiger partial charge in [0, 0.05) is 17.1 Å². The molecule has 0 bridgehead atoms. The minimum absolute atomic E-state index is 0.961. The van der Waals surface area contributed by atoms with Crippen LogP contribution in [0.15, 0.2) is 40.6 Å². The Bertz CT molecular complexity index is 607. The number of nitrogens with zero attached hydrogens (tertiary/aromatic N) is 3. The summed E-state index contributed by atoms with van der Waals surface area (Å²) < 4.78 is 3.08. The van der Waals surface area contributed by atoms with Gasteiger partial charge in [-0.25, -0.2) is 0 Å². The van der Waals surface area contributed by atoms with E-state index in [1.165, 1.54) is 36.0 Å². The lowest BCUT2D eigenvalue weighted by Gasteiger charge is -2.22. The highest BCUT2D eigenvalue weighted by molar-refractivity contribution is 9.10. The van der Waals surface area contributed by atoms with E-state index >= 15 is 0 Å². The fourth-order valence-electron chi connectivity index (χ4n) is 2.25. The van der Waals surface area contributed by atoms with Crippen molar-refractivity contribution in [3.8, 4) is 0 Å². The van der Waals surface area contributed by atoms with Gasteiger partial charge in [0.05, 0.1) is 0 Å². The van der Waals surface area contributed by atoms with Crippen LogP contribution in [0.25, 0.3) is 5.57 Å². The Hall–Kier alpha value is -1.42. The third-order valence-electron chi connectivity index (χ3n) is 3.36. The van der Waals surface area contributed by atoms with Crippen LogP contribution in [0.3, 0.4) is 0 Å². The molecule has 3 rings (SSSR count). The Balaban J connectivity index is 2.16. The number of aryl methyl sites for hydroxylation is 1. The summed E-state index contributed by atoms with van der Waals surface area (Å²) in [4.78, 5) is 0. The molecule has 1 aromatic heterocycles. The lowest BCUT2D eigenvalue weighted by atomic mass is 9.85. The Morgan fingerprint density at radius 2 is 2.17 bits per heavy atom. The average Bonchev–Trinajstić information content (AvgIpc) is 2.69. The molecule has 1 aliphatic carbocycles. The first kappa shape index (κ1) is 11.7. The summed E-state index contributed by atoms with van der Waals surface area (Å²) in [6, 6.07) is 8.40. The summed E-state index contributed by atoms with van der Waals surface area (Å²) in [5.41, 5.74) is 3.96. The molecule has 1 aromatic carbocycles. The Morgan fingerprint density at radius 3 is 2.72 bits per heavy atom. The van der Waals surface area contributed by atoms with Crippen LogP contribution in [0, 0.1) is 0 Å². The Morgan fingerprint density at radius 1 is 1.33 bits per heavy atom. The molecule has 0 saturated heterocycles. The van der Waals surface area contributed by atoms with Crippen molar-refractivity contribution < 1.29 is 0 Å². The molecule has 1 aliphatic rings. The van der Waals surface area contributed by atoms with Gasteiger partial charge in [0.1, 0.15) is 6.33 Å². The molecule has 0 amide bonds. The average molecular weight is 304 g/mol. The van der Waals surface area contributed by atoms with Gasteiger partial charge in [0.2, 0.25) is 0 Å². The number of allylic oxidation sites excluding steroid dienone is 1. The zero-order chi connectivity index (χ0) is 12.5. The standard InChI is InChI=1S/C14H14BrN3/c1-18-9-16-17-14(18)13(10-4-2-5-10)11-6-3-7-12(15)8-11/h3,6-9H,2,4-5H2,1H3. The van der Waals surface area contributed by atoms with E-state index < -0.39 is 0 Å². The van der Waals surface area contributed by atoms with Crippen LogP contribution in [0.5, 0.6) is 0 Å². The van der Waals surface area contributed by atoms with E-state index in [1.54, 1.807) is 6.33 Å². The zero-order valence-electron chi connectivity index (χ0n) is 10.2. The summed E-state index contributed by atoms with van der Waals surface area (Å²) in [7, 11) is 1.99. The number of rotatable bonds is 2. The second kappa shape index (κ2) is 4.69. The molecule has 1 saturated carbocycles. The van der Waals surface area contributed by atoms with E-state index in [2.05, 4.69) is 44.3 Å². The van der Waals surface area contributed by atoms with E-state index in [4.69, 9.17) is 0 Å². The van der Waals surface area contributed by atoms with Crippen molar-refractivity contribution >= 4 is 21.5 Å². The van der Waals surface area contributed by atoms with Gasteiger partial charge in [-0.1, -0.05) is 33.6 Å². The highest BCUT2D eigenvalue weighted by Gasteiger charge is 2.20. The van der Waals surface area contributed by atoms with Gasteiger partial charge in [-0.3, -0.25) is 0 Å². The van der Waals surface area contributed by atoms with Crippen molar-refractivity contribution in [2.45, 2.75) is 19.3 Å². The number of aromatic nitrogens is 3. The maximum atomic E-state index is 4.26. The van der Waals surface area contributed by atoms with Crippen molar-refractivity contribution in [3.63, 3.8) is 0 Å². The minimum Gasteiger partial charge on any atom is -0.317 e. The van der Waals surface area contributed by atoms with Crippen molar-refractivity contribution in [1.82, 2.24) is 14.8 Å². The second-order valence-corrected chi connectivity index (χ2v) is 5.52. The zero-order valence-corrected chi connectivity index (χ0v) is 11.8. The van der Waals surface area contributed by atoms with Gasteiger partial charge >= 0.3 is 0 Å². The molecule has 1 heterocycles. The van der Waals surface area contributed by atoms with Crippen LogP contribution in [0.2, 0.25) is 0 Å². The third kappa shape index (κ3) is 2.01. The summed E-state index contributed by atoms with van der Waals surface area (Å²) >= 11 is 3.54. The molecule has 4 heteroatoms. The van der Waals surface area contributed by atoms with Crippen molar-refractivity contribution in [1.29, 1.82) is 0 Å². The molecule has 0 N–H and O–H groups in total. The van der Waals surface area contributed by atoms with Gasteiger partial charge in [-0.05, 0) is 37.0 Å². The summed E-state index contributed by atoms with van der Waals surface area (Å²) in [5.74, 6) is 0.961. The van der Waals surface area contributed by atoms with Gasteiger partial charge in [0.25, 0.3) is 0 Å². The predicted molar refractivity (Wildman–Crippen MR) is 75.0 cm³/mol. The van der Waals surface area contributed by atoms with Gasteiger partial charge < -0.3 is 4.57 Å². The fraction of sp³-hybridized carbons (Fsp3) is 0.286. The Kier molecular flexibility index (Phi) is 3.04. The van der Waals surface area contributed by atoms with Crippen molar-refractivity contribution in [3.05, 3.63) is 52.0 Å². The fourth-order valence-corrected chi connectivity index (χ4v) is 2.65. The van der Waals surface area contributed by atoms with Gasteiger partial charge in [-0.15, -0.1) is 10.2 Å². The number of halogens is 1. The molecule has 3 nitrogen and oxygen atoms in total. The van der Waals surface area contributed by atoms with Crippen LogP contribution in [-0.4, -0.2) is 14.8 Å². The lowest BCUT2D eigenvalue weighted by Crippen LogP contribution is -2.07. The maximum Gasteiger partial charge on any atom is 0.164 e. The largest absolute Gasteiger partial charge is 0.317 e. The minimum atomic E-state index is 0.961. The van der Waals surface area contributed by atoms with E-state index in [1.807, 2.05) is 17.7 Å². The van der Waals surface area contributed by atoms with E-state index in [0.29, 0.717) is 0 Å². The van der Waals surface area contributed by atoms with Crippen LogP contribution >= 0.6 is 15.9 Å². The topological polar surface area (TPSA) is 30.7 Å². The molecule has 0 unspecified atom stereocenters. The molecule has 0 aliphatic heterocycles. The molecule has 0 radical (unpaired) electrons. The summed E-state index contributed by atoms with van der Waals surface area (Å²) in [5, 5.41) is 8.26. The van der Waals surface area contributed by atoms with Crippen LogP contribution in [0.4, 0.5) is 0 Å². The van der Waals surface area contributed by atoms with E-state index in [-0.39, 0.29) is 0 Å². The quantitative estimate of drug-likeness (QED) is 0.849. The predicted octanol–water partition coefficient (Wildman–Crippen LogP) is 3.56. The first-order valence-electron chi connectivity index (χ1n) is 6.08. The number of hydrogen-bond donors (Lipinski definition) is 0. The van der Waals surface area contributed by atoms with E-state index in [9.17, 15) is 0 Å². The highest BCUT2D eigenvalue weighted by atomic mass is 79.9. The van der Waals surface area contributed by atoms with Crippen molar-refractivity contribution in [2.24, 2.45) is 7.05 Å². The van der Waals surface area contributed by atoms with Crippen LogP contribution < -0.4 is 0 Å². The molecular weight excluding hydrogens is 290 g/mol. The van der Waals surface area contributed by atoms with Gasteiger partial charge in [-0.2, -0.15) is 0 Å². The molecule has 1 fully saturated rings. The Labute approximate surface area is 115 Å². The first-order valence-corrected chi connectivity index (χ1v) is 6.87. The number of benzene rings is 1. The smallest absolute Gasteiger partial charge is 0.164 e. The molecule has 0 spiro atoms. The van der Waals surface area contributed by atoms with E-state index in [0.717, 1.165) is 10.3 Å². The molecule has 2 aromatic rings. The second-order valence-electron chi connectivity index (χ2n) is 4.61. The number of hydrogen-bond acceptors (Lipinski definition) is 2. The molecule has 0 atom stereocenters. The summed E-state index contributed by atoms with van der Waals surface area (Å²) in [6.07, 6.45) is 5.39. The highest BCUT2D eigenvalue weighted by Crippen LogP contribution is 2.37.